The van der Waals surface area contributed by atoms with Crippen LogP contribution in [0.25, 0.3) is 11.1 Å². The van der Waals surface area contributed by atoms with Crippen LogP contribution in [0.4, 0.5) is 5.00 Å². The number of hydrogen-bond acceptors (Lipinski definition) is 5. The van der Waals surface area contributed by atoms with Gasteiger partial charge in [0.2, 0.25) is 0 Å². The number of hydrogen-bond donors (Lipinski definition) is 1. The fourth-order valence-electron chi connectivity index (χ4n) is 1.52. The monoisotopic (exact) mass is 301 g/mol. The molecule has 0 aliphatic carbocycles. The molecule has 0 atom stereocenters. The van der Waals surface area contributed by atoms with E-state index in [0.717, 1.165) is 11.1 Å². The van der Waals surface area contributed by atoms with Crippen molar-refractivity contribution < 1.29 is 9.53 Å². The molecule has 0 amide bonds. The van der Waals surface area contributed by atoms with Crippen molar-refractivity contribution in [1.82, 2.24) is 0 Å². The number of carbonyl (C=O) groups excluding carboxylic acids is 1. The van der Waals surface area contributed by atoms with Crippen LogP contribution < -0.4 is 5.73 Å². The van der Waals surface area contributed by atoms with E-state index < -0.39 is 0 Å². The van der Waals surface area contributed by atoms with Crippen molar-refractivity contribution in [1.29, 1.82) is 0 Å². The lowest BCUT2D eigenvalue weighted by molar-refractivity contribution is 0.0380. The van der Waals surface area contributed by atoms with Crippen LogP contribution in [0.3, 0.4) is 0 Å². The van der Waals surface area contributed by atoms with Gasteiger partial charge in [-0.05, 0) is 25.5 Å². The third-order valence-corrected chi connectivity index (χ3v) is 4.15. The van der Waals surface area contributed by atoms with Crippen molar-refractivity contribution in [3.05, 3.63) is 26.7 Å². The molecule has 0 unspecified atom stereocenters. The number of ether oxygens (including phenoxy) is 1. The Morgan fingerprint density at radius 2 is 2.11 bits per heavy atom. The van der Waals surface area contributed by atoms with Gasteiger partial charge in [0.25, 0.3) is 0 Å². The molecule has 0 radical (unpaired) electrons. The first-order valence-electron chi connectivity index (χ1n) is 5.31. The molecule has 2 heterocycles. The lowest BCUT2D eigenvalue weighted by atomic mass is 10.1. The van der Waals surface area contributed by atoms with E-state index in [4.69, 9.17) is 22.1 Å². The van der Waals surface area contributed by atoms with Crippen LogP contribution in [-0.4, -0.2) is 12.1 Å². The number of carbonyl (C=O) groups is 1. The minimum absolute atomic E-state index is 0.171. The summed E-state index contributed by atoms with van der Waals surface area (Å²) in [5, 5.41) is 4.22. The summed E-state index contributed by atoms with van der Waals surface area (Å²) in [5.74, 6) is -0.388. The van der Waals surface area contributed by atoms with Crippen molar-refractivity contribution in [2.75, 3.05) is 5.73 Å². The topological polar surface area (TPSA) is 52.3 Å². The zero-order valence-corrected chi connectivity index (χ0v) is 12.3. The van der Waals surface area contributed by atoms with Gasteiger partial charge in [-0.25, -0.2) is 4.79 Å². The summed E-state index contributed by atoms with van der Waals surface area (Å²) in [6.07, 6.45) is -0.171. The highest BCUT2D eigenvalue weighted by molar-refractivity contribution is 7.15. The zero-order chi connectivity index (χ0) is 13.3. The van der Waals surface area contributed by atoms with Crippen LogP contribution in [0, 0.1) is 0 Å². The Balaban J connectivity index is 2.41. The molecule has 2 aromatic rings. The minimum Gasteiger partial charge on any atom is -0.459 e. The first-order chi connectivity index (χ1) is 8.49. The molecule has 18 heavy (non-hydrogen) atoms. The number of nitrogens with two attached hydrogens (primary N) is 1. The van der Waals surface area contributed by atoms with Gasteiger partial charge in [0.1, 0.15) is 10.6 Å². The number of esters is 1. The van der Waals surface area contributed by atoms with Crippen LogP contribution in [0.1, 0.15) is 24.2 Å². The van der Waals surface area contributed by atoms with Gasteiger partial charge in [0.05, 0.1) is 10.4 Å². The molecule has 3 nitrogen and oxygen atoms in total. The third kappa shape index (κ3) is 2.68. The first kappa shape index (κ1) is 13.4. The van der Waals surface area contributed by atoms with Gasteiger partial charge in [-0.3, -0.25) is 0 Å². The van der Waals surface area contributed by atoms with Gasteiger partial charge in [-0.2, -0.15) is 0 Å². The van der Waals surface area contributed by atoms with E-state index in [1.807, 2.05) is 30.7 Å². The second-order valence-corrected chi connectivity index (χ2v) is 6.44. The second-order valence-electron chi connectivity index (χ2n) is 3.98. The molecule has 0 aliphatic heterocycles. The second kappa shape index (κ2) is 5.30. The Morgan fingerprint density at radius 1 is 1.39 bits per heavy atom. The molecule has 0 fully saturated rings. The lowest BCUT2D eigenvalue weighted by Crippen LogP contribution is -2.13. The Hall–Kier alpha value is -1.04. The summed E-state index contributed by atoms with van der Waals surface area (Å²) >= 11 is 8.66. The number of rotatable bonds is 3. The normalized spacial score (nSPS) is 10.9. The van der Waals surface area contributed by atoms with Crippen LogP contribution in [0.5, 0.6) is 0 Å². The summed E-state index contributed by atoms with van der Waals surface area (Å²) < 4.78 is 5.88. The predicted octanol–water partition coefficient (Wildman–Crippen LogP) is 4.28. The molecule has 96 valence electrons. The standard InChI is InChI=1S/C12H12ClNO2S2/c1-6(2)16-12(15)10-8(5-18-11(10)14)7-3-9(13)17-4-7/h3-6H,14H2,1-2H3. The SMILES string of the molecule is CC(C)OC(=O)c1c(-c2csc(Cl)c2)csc1N. The van der Waals surface area contributed by atoms with Gasteiger partial charge >= 0.3 is 5.97 Å². The number of thiophene rings is 2. The van der Waals surface area contributed by atoms with E-state index in [-0.39, 0.29) is 12.1 Å². The number of nitrogen functional groups attached to an aromatic ring is 1. The van der Waals surface area contributed by atoms with E-state index in [2.05, 4.69) is 0 Å². The number of anilines is 1. The van der Waals surface area contributed by atoms with E-state index in [1.54, 1.807) is 0 Å². The molecular weight excluding hydrogens is 290 g/mol. The van der Waals surface area contributed by atoms with Gasteiger partial charge in [-0.1, -0.05) is 11.6 Å². The molecule has 0 aliphatic rings. The highest BCUT2D eigenvalue weighted by Gasteiger charge is 2.21. The van der Waals surface area contributed by atoms with Crippen LogP contribution >= 0.6 is 34.3 Å². The fourth-order valence-corrected chi connectivity index (χ4v) is 3.21. The van der Waals surface area contributed by atoms with E-state index in [1.165, 1.54) is 22.7 Å². The fraction of sp³-hybridized carbons (Fsp3) is 0.250. The highest BCUT2D eigenvalue weighted by atomic mass is 35.5. The van der Waals surface area contributed by atoms with Crippen molar-refractivity contribution in [3.63, 3.8) is 0 Å². The molecule has 2 aromatic heterocycles. The largest absolute Gasteiger partial charge is 0.459 e. The molecule has 6 heteroatoms. The van der Waals surface area contributed by atoms with Crippen LogP contribution in [0.2, 0.25) is 4.34 Å². The Kier molecular flexibility index (Phi) is 3.94. The van der Waals surface area contributed by atoms with Crippen LogP contribution in [0.15, 0.2) is 16.8 Å². The summed E-state index contributed by atoms with van der Waals surface area (Å²) in [5.41, 5.74) is 7.96. The lowest BCUT2D eigenvalue weighted by Gasteiger charge is -2.08. The van der Waals surface area contributed by atoms with Crippen LogP contribution in [-0.2, 0) is 4.74 Å². The number of halogens is 1. The average Bonchev–Trinajstić information content (AvgIpc) is 2.83. The highest BCUT2D eigenvalue weighted by Crippen LogP contribution is 2.37. The zero-order valence-electron chi connectivity index (χ0n) is 9.90. The summed E-state index contributed by atoms with van der Waals surface area (Å²) in [6.45, 7) is 3.61. The van der Waals surface area contributed by atoms with Gasteiger partial charge in [-0.15, -0.1) is 22.7 Å². The van der Waals surface area contributed by atoms with E-state index >= 15 is 0 Å². The summed E-state index contributed by atoms with van der Waals surface area (Å²) in [7, 11) is 0. The van der Waals surface area contributed by atoms with Crippen molar-refractivity contribution >= 4 is 45.2 Å². The average molecular weight is 302 g/mol. The quantitative estimate of drug-likeness (QED) is 0.861. The van der Waals surface area contributed by atoms with Gasteiger partial charge < -0.3 is 10.5 Å². The van der Waals surface area contributed by atoms with Crippen molar-refractivity contribution in [2.24, 2.45) is 0 Å². The Labute approximate surface area is 118 Å². The van der Waals surface area contributed by atoms with E-state index in [9.17, 15) is 4.79 Å². The maximum Gasteiger partial charge on any atom is 0.342 e. The third-order valence-electron chi connectivity index (χ3n) is 2.24. The van der Waals surface area contributed by atoms with E-state index in [0.29, 0.717) is 14.9 Å². The smallest absolute Gasteiger partial charge is 0.342 e. The Morgan fingerprint density at radius 3 is 2.67 bits per heavy atom. The predicted molar refractivity (Wildman–Crippen MR) is 77.6 cm³/mol. The molecule has 2 rings (SSSR count). The van der Waals surface area contributed by atoms with Gasteiger partial charge in [0.15, 0.2) is 0 Å². The molecule has 0 saturated carbocycles. The molecule has 0 saturated heterocycles. The van der Waals surface area contributed by atoms with Crippen molar-refractivity contribution in [2.45, 2.75) is 20.0 Å². The minimum atomic E-state index is -0.388. The Bertz CT molecular complexity index is 574. The van der Waals surface area contributed by atoms with Gasteiger partial charge in [0, 0.05) is 16.3 Å². The molecular formula is C12H12ClNO2S2. The maximum atomic E-state index is 12.0. The molecule has 0 spiro atoms. The molecule has 0 aromatic carbocycles. The summed E-state index contributed by atoms with van der Waals surface area (Å²) in [4.78, 5) is 12.0. The molecule has 0 bridgehead atoms. The maximum absolute atomic E-state index is 12.0. The first-order valence-corrected chi connectivity index (χ1v) is 7.45. The molecule has 2 N–H and O–H groups in total. The summed E-state index contributed by atoms with van der Waals surface area (Å²) in [6, 6.07) is 1.82. The van der Waals surface area contributed by atoms with Crippen molar-refractivity contribution in [3.8, 4) is 11.1 Å².